The molecule has 2 rings (SSSR count). The molecule has 0 saturated carbocycles. The molecule has 6 heteroatoms. The second-order valence-electron chi connectivity index (χ2n) is 6.05. The van der Waals surface area contributed by atoms with Crippen LogP contribution in [-0.4, -0.2) is 27.5 Å². The highest BCUT2D eigenvalue weighted by atomic mass is 32.2. The van der Waals surface area contributed by atoms with Gasteiger partial charge in [0.25, 0.3) is 0 Å². The summed E-state index contributed by atoms with van der Waals surface area (Å²) in [5.74, 6) is 0. The Morgan fingerprint density at radius 1 is 1.12 bits per heavy atom. The summed E-state index contributed by atoms with van der Waals surface area (Å²) in [4.78, 5) is 2.26. The summed E-state index contributed by atoms with van der Waals surface area (Å²) in [7, 11) is -3.40. The molecule has 0 aliphatic heterocycles. The zero-order valence-electron chi connectivity index (χ0n) is 14.5. The van der Waals surface area contributed by atoms with E-state index in [4.69, 9.17) is 0 Å². The average molecular weight is 367 g/mol. The minimum absolute atomic E-state index is 0.347. The molecule has 2 aromatic rings. The van der Waals surface area contributed by atoms with Crippen LogP contribution in [0.3, 0.4) is 0 Å². The van der Waals surface area contributed by atoms with Gasteiger partial charge in [-0.15, -0.1) is 11.3 Å². The molecule has 1 heterocycles. The van der Waals surface area contributed by atoms with E-state index >= 15 is 0 Å². The van der Waals surface area contributed by atoms with Gasteiger partial charge in [-0.2, -0.15) is 0 Å². The Labute approximate surface area is 149 Å². The van der Waals surface area contributed by atoms with Crippen LogP contribution in [0.5, 0.6) is 0 Å². The molecular weight excluding hydrogens is 340 g/mol. The van der Waals surface area contributed by atoms with Crippen molar-refractivity contribution in [3.05, 3.63) is 51.7 Å². The molecule has 1 atom stereocenters. The Kier molecular flexibility index (Phi) is 6.98. The van der Waals surface area contributed by atoms with Gasteiger partial charge >= 0.3 is 0 Å². The van der Waals surface area contributed by atoms with E-state index in [1.807, 2.05) is 19.9 Å². The number of benzene rings is 1. The highest BCUT2D eigenvalue weighted by molar-refractivity contribution is 7.89. The second kappa shape index (κ2) is 8.76. The first-order valence-electron chi connectivity index (χ1n) is 8.22. The first kappa shape index (κ1) is 19.1. The highest BCUT2D eigenvalue weighted by Crippen LogP contribution is 2.24. The van der Waals surface area contributed by atoms with Gasteiger partial charge in [0, 0.05) is 28.9 Å². The van der Waals surface area contributed by atoms with E-state index in [0.717, 1.165) is 22.6 Å². The van der Waals surface area contributed by atoms with Gasteiger partial charge in [-0.05, 0) is 45.2 Å². The van der Waals surface area contributed by atoms with Gasteiger partial charge in [0.15, 0.2) is 0 Å². The smallest absolute Gasteiger partial charge is 0.241 e. The van der Waals surface area contributed by atoms with E-state index in [9.17, 15) is 8.42 Å². The van der Waals surface area contributed by atoms with Crippen LogP contribution in [0, 0.1) is 13.8 Å². The van der Waals surface area contributed by atoms with Crippen LogP contribution in [0.25, 0.3) is 0 Å². The number of sulfonamides is 1. The molecule has 0 saturated heterocycles. The van der Waals surface area contributed by atoms with E-state index in [-0.39, 0.29) is 0 Å². The fourth-order valence-corrected chi connectivity index (χ4v) is 5.17. The van der Waals surface area contributed by atoms with Crippen LogP contribution in [0.4, 0.5) is 0 Å². The summed E-state index contributed by atoms with van der Waals surface area (Å²) in [5.41, 5.74) is 1.33. The third-order valence-corrected chi connectivity index (χ3v) is 6.59. The lowest BCUT2D eigenvalue weighted by atomic mass is 10.1. The van der Waals surface area contributed by atoms with E-state index < -0.39 is 10.0 Å². The Balaban J connectivity index is 1.71. The Bertz CT molecular complexity index is 740. The fraction of sp³-hybridized carbons (Fsp3) is 0.444. The number of rotatable bonds is 9. The van der Waals surface area contributed by atoms with Gasteiger partial charge < -0.3 is 5.32 Å². The molecule has 1 aromatic heterocycles. The van der Waals surface area contributed by atoms with Gasteiger partial charge in [0.1, 0.15) is 0 Å². The highest BCUT2D eigenvalue weighted by Gasteiger charge is 2.18. The zero-order chi connectivity index (χ0) is 17.6. The van der Waals surface area contributed by atoms with Crippen LogP contribution >= 0.6 is 11.3 Å². The molecule has 0 bridgehead atoms. The van der Waals surface area contributed by atoms with Crippen LogP contribution in [-0.2, 0) is 16.4 Å². The summed E-state index contributed by atoms with van der Waals surface area (Å²) in [5, 5.41) is 3.37. The van der Waals surface area contributed by atoms with Gasteiger partial charge in [-0.25, -0.2) is 13.1 Å². The standard InChI is InChI=1S/C18H26N2O2S2/c1-14(9-10-17-7-5-4-6-8-17)19-11-12-20-24(21,22)18-13-15(2)23-16(18)3/h4-8,13-14,19-20H,9-12H2,1-3H3. The minimum atomic E-state index is -3.40. The monoisotopic (exact) mass is 366 g/mol. The quantitative estimate of drug-likeness (QED) is 0.670. The van der Waals surface area contributed by atoms with Gasteiger partial charge in [0.2, 0.25) is 10.0 Å². The van der Waals surface area contributed by atoms with Crippen molar-refractivity contribution < 1.29 is 8.42 Å². The Morgan fingerprint density at radius 3 is 2.46 bits per heavy atom. The van der Waals surface area contributed by atoms with Crippen molar-refractivity contribution in [2.45, 2.75) is 44.6 Å². The van der Waals surface area contributed by atoms with E-state index in [0.29, 0.717) is 24.0 Å². The molecule has 0 fully saturated rings. The second-order valence-corrected chi connectivity index (χ2v) is 9.25. The SMILES string of the molecule is Cc1cc(S(=O)(=O)NCCNC(C)CCc2ccccc2)c(C)s1. The third-order valence-electron chi connectivity index (χ3n) is 3.90. The van der Waals surface area contributed by atoms with Crippen LogP contribution < -0.4 is 10.0 Å². The normalized spacial score (nSPS) is 13.1. The molecule has 1 unspecified atom stereocenters. The summed E-state index contributed by atoms with van der Waals surface area (Å²) < 4.78 is 27.3. The molecule has 0 aliphatic carbocycles. The number of thiophene rings is 1. The number of hydrogen-bond acceptors (Lipinski definition) is 4. The predicted molar refractivity (Wildman–Crippen MR) is 101 cm³/mol. The van der Waals surface area contributed by atoms with Crippen molar-refractivity contribution >= 4 is 21.4 Å². The molecule has 132 valence electrons. The molecule has 4 nitrogen and oxygen atoms in total. The Hall–Kier alpha value is -1.21. The summed E-state index contributed by atoms with van der Waals surface area (Å²) in [6.07, 6.45) is 2.05. The van der Waals surface area contributed by atoms with Crippen molar-refractivity contribution in [3.8, 4) is 0 Å². The van der Waals surface area contributed by atoms with Crippen molar-refractivity contribution in [2.24, 2.45) is 0 Å². The lowest BCUT2D eigenvalue weighted by molar-refractivity contribution is 0.511. The summed E-state index contributed by atoms with van der Waals surface area (Å²) in [6.45, 7) is 6.91. The van der Waals surface area contributed by atoms with Gasteiger partial charge in [0.05, 0.1) is 4.90 Å². The molecule has 2 N–H and O–H groups in total. The minimum Gasteiger partial charge on any atom is -0.313 e. The number of hydrogen-bond donors (Lipinski definition) is 2. The van der Waals surface area contributed by atoms with Crippen molar-refractivity contribution in [1.82, 2.24) is 10.0 Å². The van der Waals surface area contributed by atoms with E-state index in [2.05, 4.69) is 41.2 Å². The first-order valence-corrected chi connectivity index (χ1v) is 10.5. The van der Waals surface area contributed by atoms with Crippen molar-refractivity contribution in [3.63, 3.8) is 0 Å². The molecule has 1 aromatic carbocycles. The Morgan fingerprint density at radius 2 is 1.83 bits per heavy atom. The molecule has 0 aliphatic rings. The maximum Gasteiger partial charge on any atom is 0.241 e. The van der Waals surface area contributed by atoms with Crippen molar-refractivity contribution in [1.29, 1.82) is 0 Å². The van der Waals surface area contributed by atoms with Crippen LogP contribution in [0.15, 0.2) is 41.3 Å². The van der Waals surface area contributed by atoms with Crippen LogP contribution in [0.2, 0.25) is 0 Å². The maximum absolute atomic E-state index is 12.3. The molecule has 0 amide bonds. The van der Waals surface area contributed by atoms with Crippen LogP contribution in [0.1, 0.15) is 28.7 Å². The van der Waals surface area contributed by atoms with E-state index in [1.165, 1.54) is 16.9 Å². The maximum atomic E-state index is 12.3. The largest absolute Gasteiger partial charge is 0.313 e. The molecule has 0 spiro atoms. The fourth-order valence-electron chi connectivity index (χ4n) is 2.59. The molecule has 0 radical (unpaired) electrons. The average Bonchev–Trinajstić information content (AvgIpc) is 2.90. The molecule has 24 heavy (non-hydrogen) atoms. The topological polar surface area (TPSA) is 58.2 Å². The van der Waals surface area contributed by atoms with Gasteiger partial charge in [-0.3, -0.25) is 0 Å². The number of aryl methyl sites for hydroxylation is 3. The third kappa shape index (κ3) is 5.70. The van der Waals surface area contributed by atoms with Gasteiger partial charge in [-0.1, -0.05) is 30.3 Å². The van der Waals surface area contributed by atoms with E-state index in [1.54, 1.807) is 6.07 Å². The summed E-state index contributed by atoms with van der Waals surface area (Å²) in [6, 6.07) is 12.5. The first-order chi connectivity index (χ1) is 11.4. The lowest BCUT2D eigenvalue weighted by Gasteiger charge is -2.14. The van der Waals surface area contributed by atoms with Crippen molar-refractivity contribution in [2.75, 3.05) is 13.1 Å². The molecular formula is C18H26N2O2S2. The lowest BCUT2D eigenvalue weighted by Crippen LogP contribution is -2.36. The predicted octanol–water partition coefficient (Wildman–Crippen LogP) is 3.25. The number of nitrogens with one attached hydrogen (secondary N) is 2. The zero-order valence-corrected chi connectivity index (χ0v) is 16.1. The summed E-state index contributed by atoms with van der Waals surface area (Å²) >= 11 is 1.51.